The van der Waals surface area contributed by atoms with E-state index in [4.69, 9.17) is 10.5 Å². The van der Waals surface area contributed by atoms with Crippen molar-refractivity contribution in [1.29, 1.82) is 0 Å². The molecule has 0 unspecified atom stereocenters. The van der Waals surface area contributed by atoms with E-state index in [2.05, 4.69) is 39.5 Å². The first kappa shape index (κ1) is 17.5. The van der Waals surface area contributed by atoms with Crippen LogP contribution in [0.25, 0.3) is 5.65 Å². The van der Waals surface area contributed by atoms with Gasteiger partial charge in [0, 0.05) is 36.8 Å². The van der Waals surface area contributed by atoms with Crippen LogP contribution in [-0.2, 0) is 6.54 Å². The minimum atomic E-state index is 0.304. The number of nitrogen functional groups attached to an aromatic ring is 1. The maximum absolute atomic E-state index is 6.05. The molecule has 8 nitrogen and oxygen atoms in total. The molecule has 142 valence electrons. The fourth-order valence-electron chi connectivity index (χ4n) is 2.99. The van der Waals surface area contributed by atoms with Crippen LogP contribution in [0.1, 0.15) is 30.9 Å². The van der Waals surface area contributed by atoms with E-state index in [0.717, 1.165) is 35.6 Å². The molecule has 3 aromatic rings. The summed E-state index contributed by atoms with van der Waals surface area (Å²) in [6.45, 7) is 7.35. The Hall–Kier alpha value is -2.87. The number of para-hydroxylation sites is 1. The van der Waals surface area contributed by atoms with E-state index in [0.29, 0.717) is 36.9 Å². The van der Waals surface area contributed by atoms with Crippen molar-refractivity contribution < 1.29 is 4.74 Å². The number of rotatable bonds is 7. The molecule has 0 bridgehead atoms. The van der Waals surface area contributed by atoms with E-state index in [1.807, 2.05) is 30.5 Å². The van der Waals surface area contributed by atoms with Crippen molar-refractivity contribution in [2.24, 2.45) is 5.92 Å². The van der Waals surface area contributed by atoms with Crippen molar-refractivity contribution >= 4 is 17.3 Å². The topological polar surface area (TPSA) is 102 Å². The van der Waals surface area contributed by atoms with Crippen LogP contribution in [0.2, 0.25) is 0 Å². The lowest BCUT2D eigenvalue weighted by Crippen LogP contribution is -2.45. The lowest BCUT2D eigenvalue weighted by Gasteiger charge is -2.26. The second kappa shape index (κ2) is 7.40. The highest BCUT2D eigenvalue weighted by Crippen LogP contribution is 2.23. The molecular formula is C19H25N7O. The van der Waals surface area contributed by atoms with E-state index < -0.39 is 0 Å². The molecule has 1 aliphatic rings. The number of nitrogens with one attached hydrogen (secondary N) is 2. The molecule has 0 aliphatic carbocycles. The van der Waals surface area contributed by atoms with Gasteiger partial charge in [0.15, 0.2) is 5.65 Å². The molecule has 0 spiro atoms. The minimum absolute atomic E-state index is 0.304. The van der Waals surface area contributed by atoms with Gasteiger partial charge in [-0.1, -0.05) is 32.0 Å². The second-order valence-electron chi connectivity index (χ2n) is 7.21. The van der Waals surface area contributed by atoms with Gasteiger partial charge in [0.05, 0.1) is 12.8 Å². The molecule has 1 fully saturated rings. The van der Waals surface area contributed by atoms with Gasteiger partial charge < -0.3 is 21.1 Å². The van der Waals surface area contributed by atoms with Crippen molar-refractivity contribution in [1.82, 2.24) is 24.9 Å². The van der Waals surface area contributed by atoms with Crippen molar-refractivity contribution in [2.75, 3.05) is 30.7 Å². The Morgan fingerprint density at radius 2 is 2.11 bits per heavy atom. The minimum Gasteiger partial charge on any atom is -0.463 e. The first-order valence-corrected chi connectivity index (χ1v) is 9.28. The highest BCUT2D eigenvalue weighted by atomic mass is 16.5. The zero-order chi connectivity index (χ0) is 18.8. The zero-order valence-electron chi connectivity index (χ0n) is 15.6. The van der Waals surface area contributed by atoms with Crippen LogP contribution in [0.15, 0.2) is 30.5 Å². The standard InChI is InChI=1S/C19H25N7O/c1-12(2)15-10-23-26-17(15)24-19(27-11-13-7-21-8-13)25-18(26)22-9-14-5-3-4-6-16(14)20/h3-6,10,12-13,21H,7-9,11,20H2,1-2H3,(H,22,24,25). The molecule has 2 aromatic heterocycles. The number of nitrogens with zero attached hydrogens (tertiary/aromatic N) is 4. The molecule has 27 heavy (non-hydrogen) atoms. The number of hydrogen-bond acceptors (Lipinski definition) is 7. The van der Waals surface area contributed by atoms with Gasteiger partial charge in [0.2, 0.25) is 5.95 Å². The van der Waals surface area contributed by atoms with Gasteiger partial charge in [-0.25, -0.2) is 0 Å². The van der Waals surface area contributed by atoms with Crippen molar-refractivity contribution in [3.05, 3.63) is 41.6 Å². The third-order valence-electron chi connectivity index (χ3n) is 4.80. The number of benzene rings is 1. The lowest BCUT2D eigenvalue weighted by atomic mass is 10.1. The highest BCUT2D eigenvalue weighted by Gasteiger charge is 2.20. The van der Waals surface area contributed by atoms with Gasteiger partial charge in [0.1, 0.15) is 0 Å². The quantitative estimate of drug-likeness (QED) is 0.549. The first-order valence-electron chi connectivity index (χ1n) is 9.28. The Balaban J connectivity index is 1.63. The fourth-order valence-corrected chi connectivity index (χ4v) is 2.99. The number of fused-ring (bicyclic) bond motifs is 1. The highest BCUT2D eigenvalue weighted by molar-refractivity contribution is 5.54. The molecule has 0 amide bonds. The summed E-state index contributed by atoms with van der Waals surface area (Å²) in [5.74, 6) is 1.41. The summed E-state index contributed by atoms with van der Waals surface area (Å²) in [6, 6.07) is 8.14. The van der Waals surface area contributed by atoms with Crippen molar-refractivity contribution in [3.8, 4) is 6.01 Å². The predicted molar refractivity (Wildman–Crippen MR) is 105 cm³/mol. The van der Waals surface area contributed by atoms with Gasteiger partial charge in [0.25, 0.3) is 0 Å². The van der Waals surface area contributed by atoms with E-state index in [1.165, 1.54) is 0 Å². The molecular weight excluding hydrogens is 342 g/mol. The summed E-state index contributed by atoms with van der Waals surface area (Å²) in [5, 5.41) is 11.0. The smallest absolute Gasteiger partial charge is 0.321 e. The zero-order valence-corrected chi connectivity index (χ0v) is 15.6. The van der Waals surface area contributed by atoms with Crippen LogP contribution in [-0.4, -0.2) is 39.3 Å². The van der Waals surface area contributed by atoms with Gasteiger partial charge >= 0.3 is 6.01 Å². The molecule has 0 saturated carbocycles. The Labute approximate surface area is 158 Å². The van der Waals surface area contributed by atoms with E-state index in [9.17, 15) is 0 Å². The summed E-state index contributed by atoms with van der Waals surface area (Å²) in [5.41, 5.74) is 9.63. The third-order valence-corrected chi connectivity index (χ3v) is 4.80. The first-order chi connectivity index (χ1) is 13.1. The van der Waals surface area contributed by atoms with Gasteiger partial charge in [-0.2, -0.15) is 19.6 Å². The monoisotopic (exact) mass is 367 g/mol. The maximum atomic E-state index is 6.05. The summed E-state index contributed by atoms with van der Waals surface area (Å²) >= 11 is 0. The molecule has 8 heteroatoms. The van der Waals surface area contributed by atoms with E-state index >= 15 is 0 Å². The lowest BCUT2D eigenvalue weighted by molar-refractivity contribution is 0.187. The maximum Gasteiger partial charge on any atom is 0.321 e. The van der Waals surface area contributed by atoms with E-state index in [1.54, 1.807) is 4.52 Å². The number of anilines is 2. The average Bonchev–Trinajstić information content (AvgIpc) is 3.04. The summed E-state index contributed by atoms with van der Waals surface area (Å²) in [6.07, 6.45) is 1.84. The molecule has 4 N–H and O–H groups in total. The molecule has 0 radical (unpaired) electrons. The Bertz CT molecular complexity index is 933. The molecule has 4 rings (SSSR count). The second-order valence-corrected chi connectivity index (χ2v) is 7.21. The van der Waals surface area contributed by atoms with Crippen LogP contribution in [0.4, 0.5) is 11.6 Å². The average molecular weight is 367 g/mol. The van der Waals surface area contributed by atoms with Gasteiger partial charge in [-0.15, -0.1) is 0 Å². The Morgan fingerprint density at radius 3 is 2.81 bits per heavy atom. The number of ether oxygens (including phenoxy) is 1. The summed E-state index contributed by atoms with van der Waals surface area (Å²) < 4.78 is 7.60. The largest absolute Gasteiger partial charge is 0.463 e. The van der Waals surface area contributed by atoms with Crippen molar-refractivity contribution in [2.45, 2.75) is 26.3 Å². The number of nitrogens with two attached hydrogens (primary N) is 1. The van der Waals surface area contributed by atoms with Gasteiger partial charge in [-0.3, -0.25) is 0 Å². The van der Waals surface area contributed by atoms with Crippen LogP contribution in [0.3, 0.4) is 0 Å². The molecule has 1 saturated heterocycles. The molecule has 3 heterocycles. The molecule has 1 aromatic carbocycles. The number of aromatic nitrogens is 4. The SMILES string of the molecule is CC(C)c1cnn2c(NCc3ccccc3N)nc(OCC3CNC3)nc12. The fraction of sp³-hybridized carbons (Fsp3) is 0.421. The predicted octanol–water partition coefficient (Wildman–Crippen LogP) is 2.04. The van der Waals surface area contributed by atoms with Gasteiger partial charge in [-0.05, 0) is 17.5 Å². The van der Waals surface area contributed by atoms with Crippen LogP contribution < -0.4 is 21.1 Å². The Morgan fingerprint density at radius 1 is 1.30 bits per heavy atom. The normalized spacial score (nSPS) is 14.5. The summed E-state index contributed by atoms with van der Waals surface area (Å²) in [4.78, 5) is 9.15. The molecule has 0 atom stereocenters. The number of hydrogen-bond donors (Lipinski definition) is 3. The Kier molecular flexibility index (Phi) is 4.81. The molecule has 1 aliphatic heterocycles. The summed E-state index contributed by atoms with van der Waals surface area (Å²) in [7, 11) is 0. The van der Waals surface area contributed by atoms with Crippen LogP contribution in [0.5, 0.6) is 6.01 Å². The van der Waals surface area contributed by atoms with Crippen LogP contribution in [0, 0.1) is 5.92 Å². The van der Waals surface area contributed by atoms with E-state index in [-0.39, 0.29) is 0 Å². The van der Waals surface area contributed by atoms with Crippen molar-refractivity contribution in [3.63, 3.8) is 0 Å². The third kappa shape index (κ3) is 3.66. The van der Waals surface area contributed by atoms with Crippen LogP contribution >= 0.6 is 0 Å².